The molecule has 1 aromatic rings. The van der Waals surface area contributed by atoms with Gasteiger partial charge in [0.05, 0.1) is 6.61 Å². The van der Waals surface area contributed by atoms with Gasteiger partial charge < -0.3 is 30.5 Å². The fraction of sp³-hybridized carbons (Fsp3) is 0.667. The van der Waals surface area contributed by atoms with E-state index in [0.29, 0.717) is 6.54 Å². The number of aryl methyl sites for hydroxylation is 1. The molecule has 1 aliphatic rings. The highest BCUT2D eigenvalue weighted by atomic mass is 16.7. The Morgan fingerprint density at radius 3 is 2.42 bits per heavy atom. The molecule has 5 N–H and O–H groups in total. The van der Waals surface area contributed by atoms with Gasteiger partial charge in [-0.05, 0) is 31.4 Å². The number of hydrogen-bond acceptors (Lipinski definition) is 6. The van der Waals surface area contributed by atoms with Gasteiger partial charge in [0.15, 0.2) is 0 Å². The summed E-state index contributed by atoms with van der Waals surface area (Å²) < 4.78 is 5.16. The predicted octanol–water partition coefficient (Wildman–Crippen LogP) is 0.181. The molecule has 0 spiro atoms. The van der Waals surface area contributed by atoms with E-state index in [9.17, 15) is 15.3 Å². The van der Waals surface area contributed by atoms with Gasteiger partial charge in [0.25, 0.3) is 0 Å². The van der Waals surface area contributed by atoms with Crippen molar-refractivity contribution in [3.63, 3.8) is 0 Å². The number of aliphatic hydroxyl groups is 4. The Balaban J connectivity index is 1.51. The molecule has 2 rings (SSSR count). The first-order valence-corrected chi connectivity index (χ1v) is 8.68. The highest BCUT2D eigenvalue weighted by Gasteiger charge is 2.52. The number of benzene rings is 1. The molecule has 0 unspecified atom stereocenters. The lowest BCUT2D eigenvalue weighted by molar-refractivity contribution is -0.245. The second kappa shape index (κ2) is 9.46. The smallest absolute Gasteiger partial charge is 0.219 e. The Morgan fingerprint density at radius 2 is 1.75 bits per heavy atom. The molecule has 0 aliphatic carbocycles. The summed E-state index contributed by atoms with van der Waals surface area (Å²) in [6.45, 7) is 0.360. The molecule has 1 aromatic carbocycles. The van der Waals surface area contributed by atoms with Crippen molar-refractivity contribution in [3.8, 4) is 0 Å². The van der Waals surface area contributed by atoms with Crippen LogP contribution in [0.5, 0.6) is 0 Å². The maximum atomic E-state index is 9.82. The first kappa shape index (κ1) is 19.3. The molecular formula is C18H29NO5. The van der Waals surface area contributed by atoms with Crippen molar-refractivity contribution in [1.29, 1.82) is 0 Å². The number of ether oxygens (including phenoxy) is 1. The predicted molar refractivity (Wildman–Crippen MR) is 90.4 cm³/mol. The summed E-state index contributed by atoms with van der Waals surface area (Å²) in [6.07, 6.45) is 2.16. The molecule has 24 heavy (non-hydrogen) atoms. The topological polar surface area (TPSA) is 102 Å². The quantitative estimate of drug-likeness (QED) is 0.390. The Hall–Kier alpha value is -1.02. The molecule has 0 amide bonds. The largest absolute Gasteiger partial charge is 0.391 e. The molecule has 1 saturated heterocycles. The van der Waals surface area contributed by atoms with Gasteiger partial charge in [-0.15, -0.1) is 0 Å². The van der Waals surface area contributed by atoms with Crippen molar-refractivity contribution in [3.05, 3.63) is 35.9 Å². The van der Waals surface area contributed by atoms with E-state index < -0.39 is 30.7 Å². The van der Waals surface area contributed by atoms with Crippen LogP contribution in [-0.4, -0.2) is 64.2 Å². The third-order valence-electron chi connectivity index (χ3n) is 4.51. The van der Waals surface area contributed by atoms with Gasteiger partial charge in [-0.25, -0.2) is 0 Å². The third-order valence-corrected chi connectivity index (χ3v) is 4.51. The Bertz CT molecular complexity index is 472. The minimum absolute atomic E-state index is 0.324. The summed E-state index contributed by atoms with van der Waals surface area (Å²) in [7, 11) is 0. The van der Waals surface area contributed by atoms with Gasteiger partial charge in [0, 0.05) is 6.54 Å². The van der Waals surface area contributed by atoms with E-state index in [1.807, 2.05) is 6.07 Å². The Kier molecular flexibility index (Phi) is 7.61. The summed E-state index contributed by atoms with van der Waals surface area (Å²) in [5.41, 5.74) is 1.37. The van der Waals surface area contributed by atoms with Crippen LogP contribution in [0, 0.1) is 0 Å². The molecule has 136 valence electrons. The Labute approximate surface area is 143 Å². The number of nitrogens with one attached hydrogen (secondary N) is 1. The first-order valence-electron chi connectivity index (χ1n) is 8.68. The second-order valence-electron chi connectivity index (χ2n) is 6.45. The molecule has 1 aliphatic heterocycles. The zero-order chi connectivity index (χ0) is 17.4. The van der Waals surface area contributed by atoms with Crippen LogP contribution in [0.15, 0.2) is 30.3 Å². The van der Waals surface area contributed by atoms with Crippen molar-refractivity contribution >= 4 is 0 Å². The SMILES string of the molecule is OC[C@@]1(O)O[C@@H](CNCCCCCCc2ccccc2)[C@@H](O)[C@@H]1O. The maximum absolute atomic E-state index is 9.82. The lowest BCUT2D eigenvalue weighted by Gasteiger charge is -2.22. The van der Waals surface area contributed by atoms with Crippen LogP contribution >= 0.6 is 0 Å². The molecule has 0 radical (unpaired) electrons. The normalized spacial score (nSPS) is 29.9. The Morgan fingerprint density at radius 1 is 1.04 bits per heavy atom. The van der Waals surface area contributed by atoms with Gasteiger partial charge in [-0.3, -0.25) is 0 Å². The molecule has 1 heterocycles. The maximum Gasteiger partial charge on any atom is 0.219 e. The standard InChI is InChI=1S/C18H29NO5/c20-13-18(23)17(22)16(21)15(24-18)12-19-11-7-2-1-4-8-14-9-5-3-6-10-14/h3,5-6,9-10,15-17,19-23H,1-2,4,7-8,11-13H2/t15-,16+,17-,18+/m0/s1. The van der Waals surface area contributed by atoms with Gasteiger partial charge in [0.1, 0.15) is 18.3 Å². The summed E-state index contributed by atoms with van der Waals surface area (Å²) >= 11 is 0. The fourth-order valence-electron chi connectivity index (χ4n) is 2.99. The van der Waals surface area contributed by atoms with Crippen LogP contribution < -0.4 is 5.32 Å². The van der Waals surface area contributed by atoms with E-state index in [0.717, 1.165) is 25.8 Å². The fourth-order valence-corrected chi connectivity index (χ4v) is 2.99. The molecule has 6 nitrogen and oxygen atoms in total. The number of rotatable bonds is 10. The van der Waals surface area contributed by atoms with E-state index in [1.54, 1.807) is 0 Å². The van der Waals surface area contributed by atoms with E-state index in [2.05, 4.69) is 29.6 Å². The van der Waals surface area contributed by atoms with Gasteiger partial charge in [-0.1, -0.05) is 43.2 Å². The third kappa shape index (κ3) is 5.24. The van der Waals surface area contributed by atoms with Gasteiger partial charge >= 0.3 is 0 Å². The highest BCUT2D eigenvalue weighted by Crippen LogP contribution is 2.28. The van der Waals surface area contributed by atoms with Crippen molar-refractivity contribution in [1.82, 2.24) is 5.32 Å². The van der Waals surface area contributed by atoms with Gasteiger partial charge in [0.2, 0.25) is 5.79 Å². The van der Waals surface area contributed by atoms with Crippen molar-refractivity contribution < 1.29 is 25.2 Å². The summed E-state index contributed by atoms with van der Waals surface area (Å²) in [6, 6.07) is 10.5. The lowest BCUT2D eigenvalue weighted by Crippen LogP contribution is -2.46. The zero-order valence-corrected chi connectivity index (χ0v) is 14.0. The number of aliphatic hydroxyl groups excluding tert-OH is 3. The monoisotopic (exact) mass is 339 g/mol. The van der Waals surface area contributed by atoms with Crippen LogP contribution in [0.2, 0.25) is 0 Å². The second-order valence-corrected chi connectivity index (χ2v) is 6.45. The molecule has 1 fully saturated rings. The molecule has 4 atom stereocenters. The van der Waals surface area contributed by atoms with Crippen LogP contribution in [0.1, 0.15) is 31.2 Å². The van der Waals surface area contributed by atoms with Crippen LogP contribution in [0.3, 0.4) is 0 Å². The van der Waals surface area contributed by atoms with Crippen molar-refractivity contribution in [2.45, 2.75) is 56.2 Å². The van der Waals surface area contributed by atoms with Crippen LogP contribution in [0.25, 0.3) is 0 Å². The summed E-state index contributed by atoms with van der Waals surface area (Å²) in [5, 5.41) is 41.5. The average Bonchev–Trinajstić information content (AvgIpc) is 2.83. The van der Waals surface area contributed by atoms with E-state index in [-0.39, 0.29) is 0 Å². The highest BCUT2D eigenvalue weighted by molar-refractivity contribution is 5.14. The van der Waals surface area contributed by atoms with Crippen molar-refractivity contribution in [2.75, 3.05) is 19.7 Å². The lowest BCUT2D eigenvalue weighted by atomic mass is 10.1. The molecular weight excluding hydrogens is 310 g/mol. The molecule has 0 bridgehead atoms. The summed E-state index contributed by atoms with van der Waals surface area (Å²) in [4.78, 5) is 0. The van der Waals surface area contributed by atoms with E-state index >= 15 is 0 Å². The van der Waals surface area contributed by atoms with Crippen LogP contribution in [0.4, 0.5) is 0 Å². The minimum atomic E-state index is -2.07. The number of unbranched alkanes of at least 4 members (excludes halogenated alkanes) is 3. The molecule has 0 aromatic heterocycles. The van der Waals surface area contributed by atoms with Crippen LogP contribution in [-0.2, 0) is 11.2 Å². The van der Waals surface area contributed by atoms with E-state index in [1.165, 1.54) is 18.4 Å². The van der Waals surface area contributed by atoms with E-state index in [4.69, 9.17) is 9.84 Å². The average molecular weight is 339 g/mol. The zero-order valence-electron chi connectivity index (χ0n) is 14.0. The minimum Gasteiger partial charge on any atom is -0.391 e. The number of hydrogen-bond donors (Lipinski definition) is 5. The summed E-state index contributed by atoms with van der Waals surface area (Å²) in [5.74, 6) is -2.07. The van der Waals surface area contributed by atoms with Gasteiger partial charge in [-0.2, -0.15) is 0 Å². The molecule has 6 heteroatoms. The van der Waals surface area contributed by atoms with Crippen molar-refractivity contribution in [2.24, 2.45) is 0 Å². The first-order chi connectivity index (χ1) is 11.6. The molecule has 0 saturated carbocycles.